The lowest BCUT2D eigenvalue weighted by molar-refractivity contribution is 0.457. The predicted octanol–water partition coefficient (Wildman–Crippen LogP) is 3.26. The zero-order valence-electron chi connectivity index (χ0n) is 12.8. The van der Waals surface area contributed by atoms with Crippen molar-refractivity contribution in [2.24, 2.45) is 16.7 Å². The molecule has 5 nitrogen and oxygen atoms in total. The van der Waals surface area contributed by atoms with E-state index in [1.165, 1.54) is 0 Å². The van der Waals surface area contributed by atoms with Gasteiger partial charge >= 0.3 is 0 Å². The van der Waals surface area contributed by atoms with Gasteiger partial charge in [0.05, 0.1) is 0 Å². The molecule has 1 aliphatic carbocycles. The van der Waals surface area contributed by atoms with E-state index < -0.39 is 0 Å². The summed E-state index contributed by atoms with van der Waals surface area (Å²) in [7, 11) is 0. The molecule has 21 heavy (non-hydrogen) atoms. The number of benzene rings is 1. The van der Waals surface area contributed by atoms with E-state index in [1.54, 1.807) is 6.07 Å². The molecule has 1 saturated carbocycles. The van der Waals surface area contributed by atoms with Crippen molar-refractivity contribution in [1.29, 1.82) is 0 Å². The number of tetrazole rings is 1. The van der Waals surface area contributed by atoms with Gasteiger partial charge in [-0.3, -0.25) is 0 Å². The van der Waals surface area contributed by atoms with Crippen LogP contribution in [0.25, 0.3) is 11.4 Å². The lowest BCUT2D eigenvalue weighted by atomic mass is 10.0. The Balaban J connectivity index is 1.92. The van der Waals surface area contributed by atoms with Gasteiger partial charge in [-0.25, -0.2) is 4.68 Å². The minimum absolute atomic E-state index is 0.295. The number of rotatable bonds is 3. The first kappa shape index (κ1) is 14.3. The van der Waals surface area contributed by atoms with Gasteiger partial charge in [0.15, 0.2) is 5.82 Å². The average Bonchev–Trinajstić information content (AvgIpc) is 2.72. The monoisotopic (exact) mass is 305 g/mol. The van der Waals surface area contributed by atoms with Crippen LogP contribution in [0.1, 0.15) is 27.7 Å². The van der Waals surface area contributed by atoms with Crippen molar-refractivity contribution >= 4 is 17.3 Å². The Morgan fingerprint density at radius 3 is 2.43 bits per heavy atom. The van der Waals surface area contributed by atoms with Gasteiger partial charge in [-0.05, 0) is 45.4 Å². The molecule has 0 unspecified atom stereocenters. The molecule has 2 aromatic rings. The third kappa shape index (κ3) is 2.20. The third-order valence-electron chi connectivity index (χ3n) is 5.39. The van der Waals surface area contributed by atoms with Crippen LogP contribution in [0.3, 0.4) is 0 Å². The van der Waals surface area contributed by atoms with Crippen molar-refractivity contribution in [1.82, 2.24) is 20.2 Å². The van der Waals surface area contributed by atoms with Gasteiger partial charge in [-0.1, -0.05) is 39.3 Å². The second-order valence-corrected chi connectivity index (χ2v) is 7.39. The molecule has 112 valence electrons. The van der Waals surface area contributed by atoms with Crippen LogP contribution >= 0.6 is 11.6 Å². The fraction of sp³-hybridized carbons (Fsp3) is 0.533. The van der Waals surface area contributed by atoms with Crippen LogP contribution in [0.5, 0.6) is 0 Å². The van der Waals surface area contributed by atoms with Crippen molar-refractivity contribution in [3.8, 4) is 11.4 Å². The molecule has 6 heteroatoms. The van der Waals surface area contributed by atoms with Crippen molar-refractivity contribution in [3.05, 3.63) is 23.2 Å². The summed E-state index contributed by atoms with van der Waals surface area (Å²) in [5.41, 5.74) is 7.90. The lowest BCUT2D eigenvalue weighted by Gasteiger charge is -2.07. The first-order chi connectivity index (χ1) is 9.73. The zero-order valence-corrected chi connectivity index (χ0v) is 13.5. The Kier molecular flexibility index (Phi) is 3.03. The van der Waals surface area contributed by atoms with E-state index in [-0.39, 0.29) is 0 Å². The Morgan fingerprint density at radius 2 is 1.86 bits per heavy atom. The molecule has 0 spiro atoms. The largest absolute Gasteiger partial charge is 0.399 e. The van der Waals surface area contributed by atoms with Crippen LogP contribution in [0.15, 0.2) is 18.2 Å². The highest BCUT2D eigenvalue weighted by Gasteiger charge is 2.64. The quantitative estimate of drug-likeness (QED) is 0.884. The third-order valence-corrected chi connectivity index (χ3v) is 5.60. The maximum absolute atomic E-state index is 6.07. The second kappa shape index (κ2) is 4.44. The summed E-state index contributed by atoms with van der Waals surface area (Å²) in [6.45, 7) is 9.96. The topological polar surface area (TPSA) is 69.6 Å². The minimum atomic E-state index is 0.295. The van der Waals surface area contributed by atoms with Crippen LogP contribution in [-0.4, -0.2) is 20.2 Å². The molecule has 0 bridgehead atoms. The second-order valence-electron chi connectivity index (χ2n) is 6.95. The SMILES string of the molecule is CC1(C)C(Cn2nnnc2-c2cc(N)cc(Cl)c2)C1(C)C. The van der Waals surface area contributed by atoms with Gasteiger partial charge in [0.2, 0.25) is 0 Å². The van der Waals surface area contributed by atoms with Crippen molar-refractivity contribution in [2.75, 3.05) is 5.73 Å². The summed E-state index contributed by atoms with van der Waals surface area (Å²) in [6, 6.07) is 5.40. The maximum Gasteiger partial charge on any atom is 0.182 e. The zero-order chi connectivity index (χ0) is 15.4. The van der Waals surface area contributed by atoms with Crippen molar-refractivity contribution < 1.29 is 0 Å². The summed E-state index contributed by atoms with van der Waals surface area (Å²) in [4.78, 5) is 0. The smallest absolute Gasteiger partial charge is 0.182 e. The molecule has 0 amide bonds. The number of nitrogens with two attached hydrogens (primary N) is 1. The van der Waals surface area contributed by atoms with Crippen LogP contribution in [0, 0.1) is 16.7 Å². The number of anilines is 1. The fourth-order valence-corrected chi connectivity index (χ4v) is 3.48. The Morgan fingerprint density at radius 1 is 1.19 bits per heavy atom. The molecule has 0 radical (unpaired) electrons. The van der Waals surface area contributed by atoms with E-state index in [2.05, 4.69) is 43.2 Å². The number of hydrogen-bond donors (Lipinski definition) is 1. The van der Waals surface area contributed by atoms with Crippen LogP contribution in [0.4, 0.5) is 5.69 Å². The molecule has 0 saturated heterocycles. The summed E-state index contributed by atoms with van der Waals surface area (Å²) < 4.78 is 1.85. The molecule has 0 aliphatic heterocycles. The molecule has 1 aromatic carbocycles. The number of hydrogen-bond acceptors (Lipinski definition) is 4. The minimum Gasteiger partial charge on any atom is -0.399 e. The number of halogens is 1. The highest BCUT2D eigenvalue weighted by molar-refractivity contribution is 6.31. The average molecular weight is 306 g/mol. The summed E-state index contributed by atoms with van der Waals surface area (Å²) in [6.07, 6.45) is 0. The molecule has 3 rings (SSSR count). The van der Waals surface area contributed by atoms with Crippen molar-refractivity contribution in [3.63, 3.8) is 0 Å². The van der Waals surface area contributed by atoms with Gasteiger partial charge in [-0.2, -0.15) is 0 Å². The lowest BCUT2D eigenvalue weighted by Crippen LogP contribution is -2.08. The van der Waals surface area contributed by atoms with E-state index in [0.717, 1.165) is 12.1 Å². The Hall–Kier alpha value is -1.62. The van der Waals surface area contributed by atoms with E-state index in [1.807, 2.05) is 16.8 Å². The molecule has 1 heterocycles. The van der Waals surface area contributed by atoms with E-state index in [4.69, 9.17) is 17.3 Å². The van der Waals surface area contributed by atoms with Crippen molar-refractivity contribution in [2.45, 2.75) is 34.2 Å². The molecule has 0 atom stereocenters. The fourth-order valence-electron chi connectivity index (χ4n) is 3.24. The van der Waals surface area contributed by atoms with Gasteiger partial charge in [0.25, 0.3) is 0 Å². The predicted molar refractivity (Wildman–Crippen MR) is 83.7 cm³/mol. The van der Waals surface area contributed by atoms with Gasteiger partial charge in [-0.15, -0.1) is 5.10 Å². The summed E-state index contributed by atoms with van der Waals surface area (Å²) in [5.74, 6) is 1.26. The van der Waals surface area contributed by atoms with E-state index >= 15 is 0 Å². The number of nitrogens with zero attached hydrogens (tertiary/aromatic N) is 4. The molecule has 2 N–H and O–H groups in total. The summed E-state index contributed by atoms with van der Waals surface area (Å²) in [5, 5.41) is 12.7. The van der Waals surface area contributed by atoms with Gasteiger partial charge < -0.3 is 5.73 Å². The highest BCUT2D eigenvalue weighted by Crippen LogP contribution is 2.68. The first-order valence-corrected chi connectivity index (χ1v) is 7.44. The van der Waals surface area contributed by atoms with Gasteiger partial charge in [0, 0.05) is 22.8 Å². The highest BCUT2D eigenvalue weighted by atomic mass is 35.5. The molecule has 1 aliphatic rings. The first-order valence-electron chi connectivity index (χ1n) is 7.06. The van der Waals surface area contributed by atoms with Crippen LogP contribution in [-0.2, 0) is 6.54 Å². The van der Waals surface area contributed by atoms with Gasteiger partial charge in [0.1, 0.15) is 0 Å². The van der Waals surface area contributed by atoms with E-state index in [9.17, 15) is 0 Å². The molecular weight excluding hydrogens is 286 g/mol. The normalized spacial score (nSPS) is 19.7. The molecule has 1 aromatic heterocycles. The van der Waals surface area contributed by atoms with E-state index in [0.29, 0.717) is 33.3 Å². The molecule has 1 fully saturated rings. The number of aromatic nitrogens is 4. The van der Waals surface area contributed by atoms with Crippen LogP contribution < -0.4 is 5.73 Å². The summed E-state index contributed by atoms with van der Waals surface area (Å²) >= 11 is 6.07. The Labute approximate surface area is 129 Å². The number of nitrogen functional groups attached to an aromatic ring is 1. The van der Waals surface area contributed by atoms with Crippen LogP contribution in [0.2, 0.25) is 5.02 Å². The standard InChI is InChI=1S/C15H20ClN5/c1-14(2)12(15(14,3)4)8-21-13(18-19-20-21)9-5-10(16)7-11(17)6-9/h5-7,12H,8,17H2,1-4H3. The maximum atomic E-state index is 6.07. The Bertz CT molecular complexity index is 655. The molecular formula is C15H20ClN5.